The highest BCUT2D eigenvalue weighted by atomic mass is 35.5. The molecule has 0 radical (unpaired) electrons. The first-order valence-electron chi connectivity index (χ1n) is 8.50. The van der Waals surface area contributed by atoms with Crippen LogP contribution in [0.5, 0.6) is 0 Å². The Hall–Kier alpha value is -1.16. The molecule has 0 aliphatic carbocycles. The van der Waals surface area contributed by atoms with Crippen molar-refractivity contribution in [1.82, 2.24) is 15.2 Å². The number of nitrogens with zero attached hydrogens (tertiary/aromatic N) is 2. The Balaban J connectivity index is 0.00000156. The van der Waals surface area contributed by atoms with Crippen LogP contribution < -0.4 is 5.32 Å². The van der Waals surface area contributed by atoms with Gasteiger partial charge in [0.25, 0.3) is 0 Å². The zero-order valence-corrected chi connectivity index (χ0v) is 14.8. The molecule has 2 aliphatic rings. The normalized spacial score (nSPS) is 26.5. The van der Waals surface area contributed by atoms with Crippen molar-refractivity contribution >= 4 is 23.3 Å². The molecule has 2 saturated heterocycles. The first-order valence-corrected chi connectivity index (χ1v) is 8.50. The second kappa shape index (κ2) is 6.76. The fourth-order valence-corrected chi connectivity index (χ4v) is 4.18. The number of benzene rings is 1. The largest absolute Gasteiger partial charge is 0.311 e. The van der Waals surface area contributed by atoms with Gasteiger partial charge in [-0.25, -0.2) is 0 Å². The van der Waals surface area contributed by atoms with Gasteiger partial charge in [-0.3, -0.25) is 9.88 Å². The molecular weight excluding hydrogens is 306 g/mol. The maximum atomic E-state index is 4.59. The van der Waals surface area contributed by atoms with E-state index < -0.39 is 0 Å². The monoisotopic (exact) mass is 331 g/mol. The van der Waals surface area contributed by atoms with Gasteiger partial charge >= 0.3 is 0 Å². The van der Waals surface area contributed by atoms with Gasteiger partial charge in [-0.15, -0.1) is 12.4 Å². The summed E-state index contributed by atoms with van der Waals surface area (Å²) in [5.74, 6) is 0. The van der Waals surface area contributed by atoms with Gasteiger partial charge in [-0.1, -0.05) is 12.1 Å². The Kier molecular flexibility index (Phi) is 4.90. The Morgan fingerprint density at radius 1 is 1.13 bits per heavy atom. The number of rotatable bonds is 3. The summed E-state index contributed by atoms with van der Waals surface area (Å²) in [6.45, 7) is 3.08. The molecule has 2 aromatic rings. The van der Waals surface area contributed by atoms with Crippen LogP contribution in [0.4, 0.5) is 0 Å². The van der Waals surface area contributed by atoms with Crippen LogP contribution in [0.25, 0.3) is 10.9 Å². The summed E-state index contributed by atoms with van der Waals surface area (Å²) >= 11 is 0. The third kappa shape index (κ3) is 3.52. The first-order chi connectivity index (χ1) is 10.7. The third-order valence-corrected chi connectivity index (χ3v) is 5.40. The molecule has 3 heterocycles. The van der Waals surface area contributed by atoms with Crippen molar-refractivity contribution in [3.8, 4) is 0 Å². The van der Waals surface area contributed by atoms with Crippen LogP contribution in [0, 0.1) is 6.92 Å². The molecular formula is C19H26ClN3. The summed E-state index contributed by atoms with van der Waals surface area (Å²) in [5, 5.41) is 4.99. The lowest BCUT2D eigenvalue weighted by atomic mass is 9.98. The number of fused-ring (bicyclic) bond motifs is 3. The van der Waals surface area contributed by atoms with Gasteiger partial charge in [-0.2, -0.15) is 0 Å². The maximum absolute atomic E-state index is 4.59. The van der Waals surface area contributed by atoms with E-state index in [1.54, 1.807) is 0 Å². The Morgan fingerprint density at radius 2 is 1.87 bits per heavy atom. The van der Waals surface area contributed by atoms with Crippen molar-refractivity contribution in [1.29, 1.82) is 0 Å². The Labute approximate surface area is 144 Å². The number of aromatic nitrogens is 1. The molecule has 124 valence electrons. The number of hydrogen-bond acceptors (Lipinski definition) is 3. The van der Waals surface area contributed by atoms with Crippen molar-refractivity contribution in [3.05, 3.63) is 41.6 Å². The topological polar surface area (TPSA) is 28.2 Å². The Morgan fingerprint density at radius 3 is 2.61 bits per heavy atom. The number of aryl methyl sites for hydroxylation is 1. The van der Waals surface area contributed by atoms with Crippen LogP contribution in [0.1, 0.15) is 36.9 Å². The SMILES string of the molecule is Cc1ccc2cc(CN(C)C3CC4CCC(C3)N4)ccc2n1.Cl. The lowest BCUT2D eigenvalue weighted by Gasteiger charge is -2.35. The molecule has 2 bridgehead atoms. The molecule has 4 heteroatoms. The van der Waals surface area contributed by atoms with E-state index in [4.69, 9.17) is 0 Å². The van der Waals surface area contributed by atoms with Crippen molar-refractivity contribution in [2.75, 3.05) is 7.05 Å². The molecule has 0 saturated carbocycles. The average Bonchev–Trinajstić information content (AvgIpc) is 2.85. The summed E-state index contributed by atoms with van der Waals surface area (Å²) in [4.78, 5) is 7.14. The Bertz CT molecular complexity index is 675. The fraction of sp³-hybridized carbons (Fsp3) is 0.526. The number of pyridine rings is 1. The minimum atomic E-state index is 0. The highest BCUT2D eigenvalue weighted by Gasteiger charge is 2.34. The number of nitrogens with one attached hydrogen (secondary N) is 1. The molecule has 2 fully saturated rings. The van der Waals surface area contributed by atoms with E-state index in [0.29, 0.717) is 0 Å². The molecule has 2 unspecified atom stereocenters. The van der Waals surface area contributed by atoms with Gasteiger partial charge < -0.3 is 5.32 Å². The van der Waals surface area contributed by atoms with E-state index in [9.17, 15) is 0 Å². The smallest absolute Gasteiger partial charge is 0.0705 e. The minimum absolute atomic E-state index is 0. The van der Waals surface area contributed by atoms with E-state index >= 15 is 0 Å². The standard InChI is InChI=1S/C19H25N3.ClH/c1-13-3-5-15-9-14(4-8-19(15)20-13)12-22(2)18-10-16-6-7-17(11-18)21-16;/h3-5,8-9,16-18,21H,6-7,10-12H2,1-2H3;1H. The molecule has 2 atom stereocenters. The average molecular weight is 332 g/mol. The van der Waals surface area contributed by atoms with Gasteiger partial charge in [0.1, 0.15) is 0 Å². The molecule has 0 spiro atoms. The quantitative estimate of drug-likeness (QED) is 0.930. The predicted molar refractivity (Wildman–Crippen MR) is 98.2 cm³/mol. The second-order valence-electron chi connectivity index (χ2n) is 7.16. The summed E-state index contributed by atoms with van der Waals surface area (Å²) in [6.07, 6.45) is 5.36. The van der Waals surface area contributed by atoms with Crippen molar-refractivity contribution in [2.24, 2.45) is 0 Å². The summed E-state index contributed by atoms with van der Waals surface area (Å²) in [5.41, 5.74) is 3.58. The van der Waals surface area contributed by atoms with Crippen molar-refractivity contribution in [3.63, 3.8) is 0 Å². The molecule has 1 aromatic carbocycles. The fourth-order valence-electron chi connectivity index (χ4n) is 4.18. The maximum Gasteiger partial charge on any atom is 0.0705 e. The van der Waals surface area contributed by atoms with Crippen LogP contribution in [0.15, 0.2) is 30.3 Å². The summed E-state index contributed by atoms with van der Waals surface area (Å²) in [7, 11) is 2.28. The minimum Gasteiger partial charge on any atom is -0.311 e. The van der Waals surface area contributed by atoms with E-state index in [1.165, 1.54) is 36.6 Å². The third-order valence-electron chi connectivity index (χ3n) is 5.40. The van der Waals surface area contributed by atoms with Gasteiger partial charge in [-0.05, 0) is 63.4 Å². The zero-order chi connectivity index (χ0) is 15.1. The van der Waals surface area contributed by atoms with E-state index in [0.717, 1.165) is 35.9 Å². The number of hydrogen-bond donors (Lipinski definition) is 1. The molecule has 3 nitrogen and oxygen atoms in total. The van der Waals surface area contributed by atoms with Gasteiger partial charge in [0, 0.05) is 35.8 Å². The lowest BCUT2D eigenvalue weighted by Crippen LogP contribution is -2.46. The van der Waals surface area contributed by atoms with Gasteiger partial charge in [0.15, 0.2) is 0 Å². The van der Waals surface area contributed by atoms with E-state index in [2.05, 4.69) is 52.6 Å². The molecule has 2 aliphatic heterocycles. The lowest BCUT2D eigenvalue weighted by molar-refractivity contribution is 0.166. The highest BCUT2D eigenvalue weighted by molar-refractivity contribution is 5.85. The van der Waals surface area contributed by atoms with Crippen molar-refractivity contribution in [2.45, 2.75) is 57.3 Å². The van der Waals surface area contributed by atoms with Gasteiger partial charge in [0.2, 0.25) is 0 Å². The zero-order valence-electron chi connectivity index (χ0n) is 14.0. The first kappa shape index (κ1) is 16.7. The van der Waals surface area contributed by atoms with E-state index in [1.807, 2.05) is 6.92 Å². The van der Waals surface area contributed by atoms with Gasteiger partial charge in [0.05, 0.1) is 5.52 Å². The molecule has 0 amide bonds. The van der Waals surface area contributed by atoms with Crippen LogP contribution in [-0.2, 0) is 6.54 Å². The summed E-state index contributed by atoms with van der Waals surface area (Å²) in [6, 6.07) is 13.2. The molecule has 1 aromatic heterocycles. The van der Waals surface area contributed by atoms with Crippen LogP contribution in [0.3, 0.4) is 0 Å². The van der Waals surface area contributed by atoms with Crippen LogP contribution in [-0.4, -0.2) is 35.1 Å². The predicted octanol–water partition coefficient (Wildman–Crippen LogP) is 3.68. The highest BCUT2D eigenvalue weighted by Crippen LogP contribution is 2.30. The molecule has 23 heavy (non-hydrogen) atoms. The number of halogens is 1. The summed E-state index contributed by atoms with van der Waals surface area (Å²) < 4.78 is 0. The van der Waals surface area contributed by atoms with E-state index in [-0.39, 0.29) is 12.4 Å². The van der Waals surface area contributed by atoms with Crippen LogP contribution >= 0.6 is 12.4 Å². The number of piperidine rings is 1. The second-order valence-corrected chi connectivity index (χ2v) is 7.16. The van der Waals surface area contributed by atoms with Crippen molar-refractivity contribution < 1.29 is 0 Å². The van der Waals surface area contributed by atoms with Crippen LogP contribution in [0.2, 0.25) is 0 Å². The molecule has 4 rings (SSSR count). The molecule has 1 N–H and O–H groups in total.